The van der Waals surface area contributed by atoms with E-state index >= 15 is 0 Å². The maximum atomic E-state index is 13.5. The highest BCUT2D eigenvalue weighted by Crippen LogP contribution is 2.35. The molecule has 1 aliphatic rings. The van der Waals surface area contributed by atoms with Crippen molar-refractivity contribution in [2.75, 3.05) is 27.3 Å². The minimum absolute atomic E-state index is 0.205. The summed E-state index contributed by atoms with van der Waals surface area (Å²) in [5, 5.41) is 3.32. The number of benzene rings is 1. The Kier molecular flexibility index (Phi) is 3.84. The van der Waals surface area contributed by atoms with E-state index in [1.807, 2.05) is 0 Å². The summed E-state index contributed by atoms with van der Waals surface area (Å²) in [6.07, 6.45) is 2.05. The van der Waals surface area contributed by atoms with Crippen molar-refractivity contribution in [3.05, 3.63) is 23.5 Å². The maximum Gasteiger partial charge on any atom is 0.197 e. The molecule has 0 radical (unpaired) electrons. The van der Waals surface area contributed by atoms with Gasteiger partial charge < -0.3 is 14.8 Å². The van der Waals surface area contributed by atoms with Crippen LogP contribution in [0, 0.1) is 11.7 Å². The maximum absolute atomic E-state index is 13.5. The number of nitrogens with one attached hydrogen (secondary N) is 1. The van der Waals surface area contributed by atoms with E-state index < -0.39 is 0 Å². The second kappa shape index (κ2) is 5.36. The van der Waals surface area contributed by atoms with Crippen molar-refractivity contribution in [3.63, 3.8) is 0 Å². The Morgan fingerprint density at radius 1 is 1.29 bits per heavy atom. The van der Waals surface area contributed by atoms with Gasteiger partial charge in [0.25, 0.3) is 0 Å². The lowest BCUT2D eigenvalue weighted by molar-refractivity contribution is 0.333. The van der Waals surface area contributed by atoms with Crippen LogP contribution in [0.4, 0.5) is 4.39 Å². The van der Waals surface area contributed by atoms with Gasteiger partial charge in [0.05, 0.1) is 14.2 Å². The van der Waals surface area contributed by atoms with Gasteiger partial charge in [0.15, 0.2) is 17.3 Å². The molecule has 4 heteroatoms. The SMILES string of the molecule is COc1c(F)ccc(CC2CCNC2)c1OC. The van der Waals surface area contributed by atoms with Gasteiger partial charge >= 0.3 is 0 Å². The Morgan fingerprint density at radius 3 is 2.65 bits per heavy atom. The summed E-state index contributed by atoms with van der Waals surface area (Å²) in [5.41, 5.74) is 1.01. The summed E-state index contributed by atoms with van der Waals surface area (Å²) in [4.78, 5) is 0. The summed E-state index contributed by atoms with van der Waals surface area (Å²) >= 11 is 0. The molecular formula is C13H18FNO2. The molecule has 1 unspecified atom stereocenters. The fourth-order valence-corrected chi connectivity index (χ4v) is 2.35. The van der Waals surface area contributed by atoms with Crippen LogP contribution in [-0.4, -0.2) is 27.3 Å². The Morgan fingerprint density at radius 2 is 2.06 bits per heavy atom. The van der Waals surface area contributed by atoms with Crippen LogP contribution in [0.2, 0.25) is 0 Å². The summed E-state index contributed by atoms with van der Waals surface area (Å²) in [6.45, 7) is 2.08. The van der Waals surface area contributed by atoms with Crippen LogP contribution in [0.25, 0.3) is 0 Å². The molecule has 0 bridgehead atoms. The van der Waals surface area contributed by atoms with Crippen molar-refractivity contribution in [1.29, 1.82) is 0 Å². The van der Waals surface area contributed by atoms with Crippen LogP contribution in [-0.2, 0) is 6.42 Å². The molecular weight excluding hydrogens is 221 g/mol. The quantitative estimate of drug-likeness (QED) is 0.871. The van der Waals surface area contributed by atoms with Gasteiger partial charge in [-0.1, -0.05) is 6.07 Å². The molecule has 2 rings (SSSR count). The van der Waals surface area contributed by atoms with E-state index in [2.05, 4.69) is 5.32 Å². The second-order valence-electron chi connectivity index (χ2n) is 4.34. The molecule has 1 aromatic rings. The Hall–Kier alpha value is -1.29. The summed E-state index contributed by atoms with van der Waals surface area (Å²) < 4.78 is 23.8. The van der Waals surface area contributed by atoms with E-state index in [0.29, 0.717) is 11.7 Å². The van der Waals surface area contributed by atoms with Crippen molar-refractivity contribution in [2.24, 2.45) is 5.92 Å². The molecule has 0 spiro atoms. The minimum atomic E-state index is -0.377. The smallest absolute Gasteiger partial charge is 0.197 e. The topological polar surface area (TPSA) is 30.5 Å². The van der Waals surface area contributed by atoms with Crippen LogP contribution in [0.5, 0.6) is 11.5 Å². The van der Waals surface area contributed by atoms with Crippen molar-refractivity contribution in [3.8, 4) is 11.5 Å². The van der Waals surface area contributed by atoms with Crippen LogP contribution in [0.1, 0.15) is 12.0 Å². The molecule has 0 aromatic heterocycles. The van der Waals surface area contributed by atoms with Crippen LogP contribution in [0.3, 0.4) is 0 Å². The third kappa shape index (κ3) is 2.52. The van der Waals surface area contributed by atoms with E-state index in [9.17, 15) is 4.39 Å². The highest BCUT2D eigenvalue weighted by Gasteiger charge is 2.20. The first kappa shape index (κ1) is 12.2. The van der Waals surface area contributed by atoms with Gasteiger partial charge in [-0.2, -0.15) is 0 Å². The van der Waals surface area contributed by atoms with E-state index in [1.54, 1.807) is 13.2 Å². The van der Waals surface area contributed by atoms with Crippen LogP contribution >= 0.6 is 0 Å². The summed E-state index contributed by atoms with van der Waals surface area (Å²) in [6, 6.07) is 3.23. The molecule has 1 aliphatic heterocycles. The third-order valence-corrected chi connectivity index (χ3v) is 3.22. The normalized spacial score (nSPS) is 19.4. The average molecular weight is 239 g/mol. The van der Waals surface area contributed by atoms with Gasteiger partial charge in [0.2, 0.25) is 0 Å². The molecule has 1 saturated heterocycles. The van der Waals surface area contributed by atoms with E-state index in [-0.39, 0.29) is 11.6 Å². The molecule has 0 amide bonds. The van der Waals surface area contributed by atoms with Gasteiger partial charge in [0.1, 0.15) is 0 Å². The van der Waals surface area contributed by atoms with Crippen LogP contribution in [0.15, 0.2) is 12.1 Å². The highest BCUT2D eigenvalue weighted by molar-refractivity contribution is 5.47. The van der Waals surface area contributed by atoms with Gasteiger partial charge in [-0.05, 0) is 43.5 Å². The zero-order valence-corrected chi connectivity index (χ0v) is 10.3. The fraction of sp³-hybridized carbons (Fsp3) is 0.538. The molecule has 1 fully saturated rings. The predicted molar refractivity (Wildman–Crippen MR) is 64.2 cm³/mol. The molecule has 0 saturated carbocycles. The number of hydrogen-bond acceptors (Lipinski definition) is 3. The van der Waals surface area contributed by atoms with Crippen molar-refractivity contribution in [1.82, 2.24) is 5.32 Å². The Bertz CT molecular complexity index is 389. The van der Waals surface area contributed by atoms with Crippen molar-refractivity contribution < 1.29 is 13.9 Å². The molecule has 1 aromatic carbocycles. The molecule has 17 heavy (non-hydrogen) atoms. The van der Waals surface area contributed by atoms with E-state index in [4.69, 9.17) is 9.47 Å². The molecule has 0 aliphatic carbocycles. The first-order valence-corrected chi connectivity index (χ1v) is 5.86. The number of ether oxygens (including phenoxy) is 2. The minimum Gasteiger partial charge on any atom is -0.492 e. The monoisotopic (exact) mass is 239 g/mol. The Balaban J connectivity index is 2.26. The van der Waals surface area contributed by atoms with Gasteiger partial charge in [-0.25, -0.2) is 4.39 Å². The van der Waals surface area contributed by atoms with Gasteiger partial charge in [0, 0.05) is 0 Å². The molecule has 1 atom stereocenters. The fourth-order valence-electron chi connectivity index (χ4n) is 2.35. The Labute approximate surface area is 101 Å². The van der Waals surface area contributed by atoms with Crippen molar-refractivity contribution in [2.45, 2.75) is 12.8 Å². The lowest BCUT2D eigenvalue weighted by atomic mass is 9.97. The van der Waals surface area contributed by atoms with E-state index in [1.165, 1.54) is 13.2 Å². The summed E-state index contributed by atoms with van der Waals surface area (Å²) in [5.74, 6) is 0.951. The largest absolute Gasteiger partial charge is 0.492 e. The number of hydrogen-bond donors (Lipinski definition) is 1. The highest BCUT2D eigenvalue weighted by atomic mass is 19.1. The lowest BCUT2D eigenvalue weighted by Crippen LogP contribution is -2.11. The predicted octanol–water partition coefficient (Wildman–Crippen LogP) is 1.99. The lowest BCUT2D eigenvalue weighted by Gasteiger charge is -2.15. The first-order chi connectivity index (χ1) is 8.26. The number of halogens is 1. The number of methoxy groups -OCH3 is 2. The van der Waals surface area contributed by atoms with E-state index in [0.717, 1.165) is 31.5 Å². The van der Waals surface area contributed by atoms with Gasteiger partial charge in [-0.3, -0.25) is 0 Å². The van der Waals surface area contributed by atoms with Gasteiger partial charge in [-0.15, -0.1) is 0 Å². The second-order valence-corrected chi connectivity index (χ2v) is 4.34. The first-order valence-electron chi connectivity index (χ1n) is 5.86. The third-order valence-electron chi connectivity index (χ3n) is 3.22. The summed E-state index contributed by atoms with van der Waals surface area (Å²) in [7, 11) is 3.01. The van der Waals surface area contributed by atoms with Crippen molar-refractivity contribution >= 4 is 0 Å². The average Bonchev–Trinajstić information content (AvgIpc) is 2.83. The molecule has 94 valence electrons. The standard InChI is InChI=1S/C13H18FNO2/c1-16-12-10(7-9-5-6-15-8-9)3-4-11(14)13(12)17-2/h3-4,9,15H,5-8H2,1-2H3. The molecule has 3 nitrogen and oxygen atoms in total. The van der Waals surface area contributed by atoms with Crippen LogP contribution < -0.4 is 14.8 Å². The molecule has 1 N–H and O–H groups in total. The molecule has 1 heterocycles. The number of rotatable bonds is 4. The zero-order valence-electron chi connectivity index (χ0n) is 10.3. The zero-order chi connectivity index (χ0) is 12.3.